The Morgan fingerprint density at radius 1 is 1.38 bits per heavy atom. The van der Waals surface area contributed by atoms with E-state index in [2.05, 4.69) is 15.5 Å². The molecule has 1 aliphatic rings. The van der Waals surface area contributed by atoms with E-state index in [1.807, 2.05) is 39.2 Å². The number of urea groups is 1. The maximum atomic E-state index is 12.4. The number of hydrogen-bond donors (Lipinski definition) is 1. The first-order valence-corrected chi connectivity index (χ1v) is 10.5. The second-order valence-electron chi connectivity index (χ2n) is 6.42. The van der Waals surface area contributed by atoms with Crippen molar-refractivity contribution in [2.24, 2.45) is 5.92 Å². The summed E-state index contributed by atoms with van der Waals surface area (Å²) in [4.78, 5) is 20.0. The smallest absolute Gasteiger partial charge is 0.317 e. The molecule has 1 atom stereocenters. The molecular formula is C18H20N4O2S2. The average Bonchev–Trinajstić information content (AvgIpc) is 3.41. The summed E-state index contributed by atoms with van der Waals surface area (Å²) in [5.41, 5.74) is 0.989. The zero-order valence-corrected chi connectivity index (χ0v) is 15.9. The molecule has 8 heteroatoms. The molecular weight excluding hydrogens is 368 g/mol. The van der Waals surface area contributed by atoms with Gasteiger partial charge < -0.3 is 14.7 Å². The molecule has 1 aliphatic heterocycles. The highest BCUT2D eigenvalue weighted by atomic mass is 32.1. The lowest BCUT2D eigenvalue weighted by Gasteiger charge is -2.32. The fourth-order valence-corrected chi connectivity index (χ4v) is 4.48. The van der Waals surface area contributed by atoms with Gasteiger partial charge in [0.25, 0.3) is 0 Å². The number of carbonyl (C=O) groups excluding carboxylic acids is 1. The van der Waals surface area contributed by atoms with Crippen molar-refractivity contribution >= 4 is 28.7 Å². The van der Waals surface area contributed by atoms with E-state index in [0.717, 1.165) is 31.5 Å². The largest absolute Gasteiger partial charge is 0.339 e. The number of thiophene rings is 2. The monoisotopic (exact) mass is 388 g/mol. The van der Waals surface area contributed by atoms with Crippen LogP contribution in [0.15, 0.2) is 38.9 Å². The second kappa shape index (κ2) is 8.01. The van der Waals surface area contributed by atoms with E-state index in [1.54, 1.807) is 22.7 Å². The van der Waals surface area contributed by atoms with Crippen LogP contribution in [0.3, 0.4) is 0 Å². The van der Waals surface area contributed by atoms with Crippen LogP contribution in [0.1, 0.15) is 23.6 Å². The van der Waals surface area contributed by atoms with E-state index in [-0.39, 0.29) is 6.03 Å². The van der Waals surface area contributed by atoms with Gasteiger partial charge in [-0.05, 0) is 41.7 Å². The van der Waals surface area contributed by atoms with E-state index in [1.165, 1.54) is 4.88 Å². The van der Waals surface area contributed by atoms with Gasteiger partial charge in [-0.2, -0.15) is 16.3 Å². The van der Waals surface area contributed by atoms with Crippen molar-refractivity contribution in [1.82, 2.24) is 20.4 Å². The Balaban J connectivity index is 1.31. The van der Waals surface area contributed by atoms with Crippen molar-refractivity contribution in [3.05, 3.63) is 45.1 Å². The molecule has 1 fully saturated rings. The number of rotatable bonds is 5. The SMILES string of the molecule is O=C(NCc1cccs1)N1CCC[C@H](Cc2nc(-c3ccsc3)no2)C1. The Bertz CT molecular complexity index is 829. The van der Waals surface area contributed by atoms with Crippen molar-refractivity contribution in [1.29, 1.82) is 0 Å². The van der Waals surface area contributed by atoms with Gasteiger partial charge in [0.1, 0.15) is 0 Å². The number of likely N-dealkylation sites (tertiary alicyclic amines) is 1. The van der Waals surface area contributed by atoms with Gasteiger partial charge in [-0.25, -0.2) is 4.79 Å². The Labute approximate surface area is 159 Å². The first-order valence-electron chi connectivity index (χ1n) is 8.68. The number of aromatic nitrogens is 2. The molecule has 3 aromatic rings. The highest BCUT2D eigenvalue weighted by Crippen LogP contribution is 2.23. The molecule has 6 nitrogen and oxygen atoms in total. The fraction of sp³-hybridized carbons (Fsp3) is 0.389. The predicted octanol–water partition coefficient (Wildman–Crippen LogP) is 4.02. The van der Waals surface area contributed by atoms with E-state index in [0.29, 0.717) is 30.6 Å². The lowest BCUT2D eigenvalue weighted by atomic mass is 9.95. The van der Waals surface area contributed by atoms with Crippen LogP contribution in [0.5, 0.6) is 0 Å². The van der Waals surface area contributed by atoms with Gasteiger partial charge in [0.05, 0.1) is 6.54 Å². The number of nitrogens with zero attached hydrogens (tertiary/aromatic N) is 3. The minimum Gasteiger partial charge on any atom is -0.339 e. The summed E-state index contributed by atoms with van der Waals surface area (Å²) >= 11 is 3.27. The molecule has 0 unspecified atom stereocenters. The summed E-state index contributed by atoms with van der Waals surface area (Å²) in [5, 5.41) is 13.1. The minimum atomic E-state index is 0.00703. The molecule has 0 spiro atoms. The van der Waals surface area contributed by atoms with E-state index < -0.39 is 0 Å². The van der Waals surface area contributed by atoms with Crippen molar-refractivity contribution in [3.63, 3.8) is 0 Å². The van der Waals surface area contributed by atoms with Gasteiger partial charge in [0.2, 0.25) is 11.7 Å². The molecule has 1 saturated heterocycles. The lowest BCUT2D eigenvalue weighted by Crippen LogP contribution is -2.45. The zero-order chi connectivity index (χ0) is 17.8. The molecule has 0 bridgehead atoms. The van der Waals surface area contributed by atoms with Crippen molar-refractivity contribution in [2.45, 2.75) is 25.8 Å². The van der Waals surface area contributed by atoms with Crippen LogP contribution in [0.2, 0.25) is 0 Å². The third-order valence-electron chi connectivity index (χ3n) is 4.51. The van der Waals surface area contributed by atoms with Crippen molar-refractivity contribution in [2.75, 3.05) is 13.1 Å². The van der Waals surface area contributed by atoms with Crippen LogP contribution in [-0.4, -0.2) is 34.2 Å². The van der Waals surface area contributed by atoms with Gasteiger partial charge in [-0.15, -0.1) is 11.3 Å². The third kappa shape index (κ3) is 4.13. The van der Waals surface area contributed by atoms with Crippen molar-refractivity contribution in [3.8, 4) is 11.4 Å². The van der Waals surface area contributed by atoms with Crippen LogP contribution in [0.25, 0.3) is 11.4 Å². The normalized spacial score (nSPS) is 17.4. The summed E-state index contributed by atoms with van der Waals surface area (Å²) in [5.74, 6) is 1.65. The molecule has 4 rings (SSSR count). The van der Waals surface area contributed by atoms with E-state index >= 15 is 0 Å². The highest BCUT2D eigenvalue weighted by Gasteiger charge is 2.25. The quantitative estimate of drug-likeness (QED) is 0.716. The number of amides is 2. The number of nitrogens with one attached hydrogen (secondary N) is 1. The number of piperidine rings is 1. The molecule has 0 radical (unpaired) electrons. The Hall–Kier alpha value is -2.19. The van der Waals surface area contributed by atoms with Crippen LogP contribution in [-0.2, 0) is 13.0 Å². The topological polar surface area (TPSA) is 71.3 Å². The Morgan fingerprint density at radius 2 is 2.35 bits per heavy atom. The predicted molar refractivity (Wildman–Crippen MR) is 102 cm³/mol. The second-order valence-corrected chi connectivity index (χ2v) is 8.23. The van der Waals surface area contributed by atoms with Gasteiger partial charge in [0.15, 0.2) is 0 Å². The first kappa shape index (κ1) is 17.2. The van der Waals surface area contributed by atoms with E-state index in [4.69, 9.17) is 4.52 Å². The van der Waals surface area contributed by atoms with Crippen LogP contribution < -0.4 is 5.32 Å². The van der Waals surface area contributed by atoms with Gasteiger partial charge in [0, 0.05) is 35.3 Å². The molecule has 0 saturated carbocycles. The molecule has 1 N–H and O–H groups in total. The molecule has 0 aromatic carbocycles. The van der Waals surface area contributed by atoms with Crippen molar-refractivity contribution < 1.29 is 9.32 Å². The van der Waals surface area contributed by atoms with Crippen LogP contribution in [0, 0.1) is 5.92 Å². The Kier molecular flexibility index (Phi) is 5.31. The minimum absolute atomic E-state index is 0.00703. The summed E-state index contributed by atoms with van der Waals surface area (Å²) in [7, 11) is 0. The molecule has 26 heavy (non-hydrogen) atoms. The van der Waals surface area contributed by atoms with Gasteiger partial charge >= 0.3 is 6.03 Å². The molecule has 136 valence electrons. The van der Waals surface area contributed by atoms with Crippen LogP contribution >= 0.6 is 22.7 Å². The molecule has 4 heterocycles. The number of carbonyl (C=O) groups is 1. The number of hydrogen-bond acceptors (Lipinski definition) is 6. The summed E-state index contributed by atoms with van der Waals surface area (Å²) in [6.07, 6.45) is 2.79. The maximum absolute atomic E-state index is 12.4. The standard InChI is InChI=1S/C18H20N4O2S2/c23-18(19-10-15-4-2-7-26-15)22-6-1-3-13(11-22)9-16-20-17(21-24-16)14-5-8-25-12-14/h2,4-5,7-8,12-13H,1,3,6,9-11H2,(H,19,23)/t13-/m1/s1. The van der Waals surface area contributed by atoms with E-state index in [9.17, 15) is 4.79 Å². The third-order valence-corrected chi connectivity index (χ3v) is 6.07. The molecule has 2 amide bonds. The van der Waals surface area contributed by atoms with Crippen LogP contribution in [0.4, 0.5) is 4.79 Å². The summed E-state index contributed by atoms with van der Waals surface area (Å²) in [6, 6.07) is 6.02. The molecule has 0 aliphatic carbocycles. The first-order chi connectivity index (χ1) is 12.8. The highest BCUT2D eigenvalue weighted by molar-refractivity contribution is 7.09. The summed E-state index contributed by atoms with van der Waals surface area (Å²) in [6.45, 7) is 2.12. The molecule has 3 aromatic heterocycles. The Morgan fingerprint density at radius 3 is 3.15 bits per heavy atom. The average molecular weight is 389 g/mol. The maximum Gasteiger partial charge on any atom is 0.317 e. The van der Waals surface area contributed by atoms with Gasteiger partial charge in [-0.3, -0.25) is 0 Å². The van der Waals surface area contributed by atoms with Gasteiger partial charge in [-0.1, -0.05) is 11.2 Å². The zero-order valence-electron chi connectivity index (χ0n) is 14.3. The lowest BCUT2D eigenvalue weighted by molar-refractivity contribution is 0.161. The fourth-order valence-electron chi connectivity index (χ4n) is 3.20. The summed E-state index contributed by atoms with van der Waals surface area (Å²) < 4.78 is 5.41.